The van der Waals surface area contributed by atoms with E-state index in [-0.39, 0.29) is 5.56 Å². The summed E-state index contributed by atoms with van der Waals surface area (Å²) in [5.41, 5.74) is 3.24. The molecular formula is C29H22FN5O3. The van der Waals surface area contributed by atoms with Crippen LogP contribution in [-0.2, 0) is 0 Å². The van der Waals surface area contributed by atoms with E-state index in [4.69, 9.17) is 4.74 Å². The molecule has 2 aromatic carbocycles. The molecule has 3 heterocycles. The molecule has 0 unspecified atom stereocenters. The lowest BCUT2D eigenvalue weighted by Gasteiger charge is -2.12. The summed E-state index contributed by atoms with van der Waals surface area (Å²) in [4.78, 5) is 39.0. The third kappa shape index (κ3) is 4.90. The van der Waals surface area contributed by atoms with Crippen molar-refractivity contribution < 1.29 is 13.9 Å². The molecular weight excluding hydrogens is 485 g/mol. The Bertz CT molecular complexity index is 1750. The lowest BCUT2D eigenvalue weighted by molar-refractivity contribution is 0.102. The van der Waals surface area contributed by atoms with E-state index in [0.29, 0.717) is 39.7 Å². The van der Waals surface area contributed by atoms with Gasteiger partial charge in [0.25, 0.3) is 11.5 Å². The van der Waals surface area contributed by atoms with Gasteiger partial charge in [0.2, 0.25) is 0 Å². The second kappa shape index (κ2) is 10.1. The molecule has 0 atom stereocenters. The lowest BCUT2D eigenvalue weighted by atomic mass is 10.1. The van der Waals surface area contributed by atoms with Gasteiger partial charge in [-0.1, -0.05) is 6.58 Å². The quantitative estimate of drug-likeness (QED) is 0.317. The first-order chi connectivity index (χ1) is 18.3. The molecule has 5 rings (SSSR count). The van der Waals surface area contributed by atoms with Crippen molar-refractivity contribution in [2.24, 2.45) is 0 Å². The molecule has 9 heteroatoms. The van der Waals surface area contributed by atoms with E-state index in [1.54, 1.807) is 49.6 Å². The molecule has 3 aromatic heterocycles. The Labute approximate surface area is 217 Å². The Morgan fingerprint density at radius 1 is 1.00 bits per heavy atom. The Hall–Kier alpha value is -5.18. The largest absolute Gasteiger partial charge is 0.455 e. The molecule has 0 fully saturated rings. The number of halogens is 1. The van der Waals surface area contributed by atoms with Gasteiger partial charge in [-0.05, 0) is 79.6 Å². The third-order valence-corrected chi connectivity index (χ3v) is 5.84. The fraction of sp³-hybridized carbons (Fsp3) is 0.0690. The highest BCUT2D eigenvalue weighted by Gasteiger charge is 2.16. The first-order valence-corrected chi connectivity index (χ1v) is 11.6. The van der Waals surface area contributed by atoms with Gasteiger partial charge in [0.1, 0.15) is 28.5 Å². The second-order valence-electron chi connectivity index (χ2n) is 8.60. The summed E-state index contributed by atoms with van der Waals surface area (Å²) in [5, 5.41) is 2.71. The molecule has 188 valence electrons. The maximum Gasteiger partial charge on any atom is 0.270 e. The number of anilines is 1. The average molecular weight is 508 g/mol. The zero-order valence-corrected chi connectivity index (χ0v) is 20.6. The zero-order valence-electron chi connectivity index (χ0n) is 20.6. The Morgan fingerprint density at radius 3 is 2.45 bits per heavy atom. The predicted molar refractivity (Wildman–Crippen MR) is 143 cm³/mol. The molecule has 0 aliphatic rings. The summed E-state index contributed by atoms with van der Waals surface area (Å²) >= 11 is 0. The number of fused-ring (bicyclic) bond motifs is 1. The number of carbonyl (C=O) groups excluding carboxylic acids is 1. The summed E-state index contributed by atoms with van der Waals surface area (Å²) in [5.74, 6) is 0.376. The molecule has 0 radical (unpaired) electrons. The number of carbonyl (C=O) groups is 1. The van der Waals surface area contributed by atoms with Crippen LogP contribution in [0.1, 0.15) is 28.7 Å². The van der Waals surface area contributed by atoms with E-state index < -0.39 is 17.3 Å². The van der Waals surface area contributed by atoms with Crippen LogP contribution in [0.25, 0.3) is 22.3 Å². The summed E-state index contributed by atoms with van der Waals surface area (Å²) in [6.45, 7) is 7.47. The molecule has 0 saturated heterocycles. The number of amides is 1. The normalized spacial score (nSPS) is 10.8. The van der Waals surface area contributed by atoms with Crippen molar-refractivity contribution in [3.05, 3.63) is 119 Å². The van der Waals surface area contributed by atoms with Gasteiger partial charge in [0.05, 0.1) is 11.2 Å². The summed E-state index contributed by atoms with van der Waals surface area (Å²) in [7, 11) is 0. The minimum atomic E-state index is -0.621. The van der Waals surface area contributed by atoms with Crippen LogP contribution in [0.2, 0.25) is 0 Å². The summed E-state index contributed by atoms with van der Waals surface area (Å²) in [6.07, 6.45) is 4.59. The number of aryl methyl sites for hydroxylation is 1. The van der Waals surface area contributed by atoms with Crippen LogP contribution in [0.4, 0.5) is 10.1 Å². The van der Waals surface area contributed by atoms with E-state index in [1.807, 2.05) is 13.0 Å². The van der Waals surface area contributed by atoms with E-state index in [1.165, 1.54) is 35.0 Å². The van der Waals surface area contributed by atoms with E-state index in [0.717, 1.165) is 11.1 Å². The Balaban J connectivity index is 1.35. The minimum Gasteiger partial charge on any atom is -0.455 e. The molecule has 0 spiro atoms. The predicted octanol–water partition coefficient (Wildman–Crippen LogP) is 5.70. The number of pyridine rings is 2. The highest BCUT2D eigenvalue weighted by atomic mass is 19.1. The van der Waals surface area contributed by atoms with E-state index in [9.17, 15) is 14.0 Å². The summed E-state index contributed by atoms with van der Waals surface area (Å²) < 4.78 is 20.6. The first-order valence-electron chi connectivity index (χ1n) is 11.6. The second-order valence-corrected chi connectivity index (χ2v) is 8.60. The van der Waals surface area contributed by atoms with E-state index in [2.05, 4.69) is 26.8 Å². The van der Waals surface area contributed by atoms with Crippen molar-refractivity contribution in [1.29, 1.82) is 0 Å². The maximum atomic E-state index is 13.3. The number of rotatable bonds is 6. The molecule has 0 saturated carbocycles. The minimum absolute atomic E-state index is 0.149. The van der Waals surface area contributed by atoms with E-state index >= 15 is 0 Å². The standard InChI is InChI=1S/C29H22FN5O3/c1-17(2)19-14-25-27(33-15-19)26(12-13-31-25)38-23-10-6-21(7-11-23)34-28(36)24-16-32-18(3)35(29(24)37)22-8-4-20(30)5-9-22/h4-16H,1H2,2-3H3,(H,34,36). The van der Waals surface area contributed by atoms with Gasteiger partial charge in [-0.3, -0.25) is 24.1 Å². The van der Waals surface area contributed by atoms with Crippen molar-refractivity contribution in [1.82, 2.24) is 19.5 Å². The molecule has 1 N–H and O–H groups in total. The van der Waals surface area contributed by atoms with Crippen molar-refractivity contribution >= 4 is 28.2 Å². The van der Waals surface area contributed by atoms with Crippen molar-refractivity contribution in [3.63, 3.8) is 0 Å². The third-order valence-electron chi connectivity index (χ3n) is 5.84. The van der Waals surface area contributed by atoms with Gasteiger partial charge >= 0.3 is 0 Å². The van der Waals surface area contributed by atoms with Crippen molar-refractivity contribution in [3.8, 4) is 17.2 Å². The van der Waals surface area contributed by atoms with Crippen LogP contribution in [0, 0.1) is 12.7 Å². The van der Waals surface area contributed by atoms with Crippen LogP contribution < -0.4 is 15.6 Å². The number of nitrogens with zero attached hydrogens (tertiary/aromatic N) is 4. The monoisotopic (exact) mass is 507 g/mol. The van der Waals surface area contributed by atoms with Gasteiger partial charge in [-0.2, -0.15) is 0 Å². The smallest absolute Gasteiger partial charge is 0.270 e. The highest BCUT2D eigenvalue weighted by molar-refractivity contribution is 6.03. The van der Waals surface area contributed by atoms with Crippen LogP contribution in [0.15, 0.2) is 90.6 Å². The lowest BCUT2D eigenvalue weighted by Crippen LogP contribution is -2.30. The fourth-order valence-electron chi connectivity index (χ4n) is 3.84. The fourth-order valence-corrected chi connectivity index (χ4v) is 3.84. The van der Waals surface area contributed by atoms with Gasteiger partial charge in [0.15, 0.2) is 5.75 Å². The van der Waals surface area contributed by atoms with Gasteiger partial charge in [0, 0.05) is 30.3 Å². The molecule has 5 aromatic rings. The van der Waals surface area contributed by atoms with Gasteiger partial charge in [-0.25, -0.2) is 9.37 Å². The molecule has 38 heavy (non-hydrogen) atoms. The Kier molecular flexibility index (Phi) is 6.49. The number of hydrogen-bond donors (Lipinski definition) is 1. The SMILES string of the molecule is C=C(C)c1cnc2c(Oc3ccc(NC(=O)c4cnc(C)n(-c5ccc(F)cc5)c4=O)cc3)ccnc2c1. The summed E-state index contributed by atoms with van der Waals surface area (Å²) in [6, 6.07) is 15.7. The zero-order chi connectivity index (χ0) is 26.8. The van der Waals surface area contributed by atoms with Crippen LogP contribution in [-0.4, -0.2) is 25.4 Å². The number of hydrogen-bond acceptors (Lipinski definition) is 6. The van der Waals surface area contributed by atoms with Crippen LogP contribution in [0.3, 0.4) is 0 Å². The number of allylic oxidation sites excluding steroid dienone is 1. The average Bonchev–Trinajstić information content (AvgIpc) is 2.90. The number of nitrogens with one attached hydrogen (secondary N) is 1. The Morgan fingerprint density at radius 2 is 1.74 bits per heavy atom. The molecule has 8 nitrogen and oxygen atoms in total. The maximum absolute atomic E-state index is 13.3. The number of aromatic nitrogens is 4. The molecule has 0 bridgehead atoms. The molecule has 1 amide bonds. The molecule has 0 aliphatic carbocycles. The van der Waals surface area contributed by atoms with Crippen molar-refractivity contribution in [2.75, 3.05) is 5.32 Å². The number of ether oxygens (including phenoxy) is 1. The first kappa shape index (κ1) is 24.5. The highest BCUT2D eigenvalue weighted by Crippen LogP contribution is 2.29. The topological polar surface area (TPSA) is 99.0 Å². The van der Waals surface area contributed by atoms with Crippen LogP contribution >= 0.6 is 0 Å². The van der Waals surface area contributed by atoms with Crippen LogP contribution in [0.5, 0.6) is 11.5 Å². The number of benzene rings is 2. The van der Waals surface area contributed by atoms with Gasteiger partial charge < -0.3 is 10.1 Å². The molecule has 0 aliphatic heterocycles. The van der Waals surface area contributed by atoms with Crippen molar-refractivity contribution in [2.45, 2.75) is 13.8 Å². The van der Waals surface area contributed by atoms with Gasteiger partial charge in [-0.15, -0.1) is 0 Å².